The third-order valence-electron chi connectivity index (χ3n) is 8.05. The van der Waals surface area contributed by atoms with Gasteiger partial charge in [0, 0.05) is 29.6 Å². The van der Waals surface area contributed by atoms with Crippen molar-refractivity contribution in [2.45, 2.75) is 77.0 Å². The minimum atomic E-state index is -0.270. The molecule has 1 fully saturated rings. The fourth-order valence-corrected chi connectivity index (χ4v) is 6.05. The molecule has 1 aliphatic carbocycles. The Kier molecular flexibility index (Phi) is 7.77. The highest BCUT2D eigenvalue weighted by atomic mass is 19.1. The molecule has 0 bridgehead atoms. The van der Waals surface area contributed by atoms with Crippen molar-refractivity contribution >= 4 is 10.9 Å². The number of halogens is 1. The highest BCUT2D eigenvalue weighted by Crippen LogP contribution is 2.36. The van der Waals surface area contributed by atoms with E-state index in [9.17, 15) is 9.18 Å². The van der Waals surface area contributed by atoms with Crippen molar-refractivity contribution in [3.05, 3.63) is 75.6 Å². The topological polar surface area (TPSA) is 98.2 Å². The number of H-pyrrole nitrogens is 1. The van der Waals surface area contributed by atoms with Gasteiger partial charge in [-0.15, -0.1) is 5.10 Å². The monoisotopic (exact) mass is 546 g/mol. The first kappa shape index (κ1) is 26.4. The molecule has 0 unspecified atom stereocenters. The first-order chi connectivity index (χ1) is 19.6. The molecule has 2 aromatic carbocycles. The average molecular weight is 547 g/mol. The van der Waals surface area contributed by atoms with Crippen molar-refractivity contribution in [1.82, 2.24) is 30.1 Å². The Bertz CT molecular complexity index is 1510. The van der Waals surface area contributed by atoms with E-state index in [1.54, 1.807) is 12.1 Å². The molecule has 1 atom stereocenters. The molecule has 0 radical (unpaired) electrons. The number of nitrogens with zero attached hydrogens (tertiary/aromatic N) is 5. The number of tetrazole rings is 1. The lowest BCUT2D eigenvalue weighted by molar-refractivity contribution is 0.0812. The van der Waals surface area contributed by atoms with Gasteiger partial charge in [-0.25, -0.2) is 9.07 Å². The fraction of sp³-hybridized carbons (Fsp3) is 0.467. The molecule has 40 heavy (non-hydrogen) atoms. The Labute approximate surface area is 232 Å². The number of hydrogen-bond donors (Lipinski definition) is 1. The summed E-state index contributed by atoms with van der Waals surface area (Å²) in [4.78, 5) is 18.9. The summed E-state index contributed by atoms with van der Waals surface area (Å²) in [5.74, 6) is 1.86. The minimum Gasteiger partial charge on any atom is -0.486 e. The summed E-state index contributed by atoms with van der Waals surface area (Å²) in [6.07, 6.45) is 7.50. The van der Waals surface area contributed by atoms with Crippen molar-refractivity contribution < 1.29 is 13.9 Å². The molecule has 1 aliphatic heterocycles. The van der Waals surface area contributed by atoms with Crippen LogP contribution >= 0.6 is 0 Å². The van der Waals surface area contributed by atoms with Gasteiger partial charge in [0.05, 0.1) is 18.1 Å². The molecule has 0 saturated heterocycles. The lowest BCUT2D eigenvalue weighted by Crippen LogP contribution is -2.41. The zero-order valence-corrected chi connectivity index (χ0v) is 22.8. The van der Waals surface area contributed by atoms with Crippen LogP contribution in [-0.2, 0) is 13.1 Å². The molecule has 10 heteroatoms. The van der Waals surface area contributed by atoms with Crippen LogP contribution in [0.1, 0.15) is 74.9 Å². The summed E-state index contributed by atoms with van der Waals surface area (Å²) in [6, 6.07) is 12.4. The molecule has 1 saturated carbocycles. The van der Waals surface area contributed by atoms with Gasteiger partial charge in [0.15, 0.2) is 17.3 Å². The van der Waals surface area contributed by atoms with E-state index in [4.69, 9.17) is 9.47 Å². The molecule has 2 aliphatic rings. The molecule has 1 N–H and O–H groups in total. The largest absolute Gasteiger partial charge is 0.486 e. The second-order valence-corrected chi connectivity index (χ2v) is 10.8. The number of pyridine rings is 1. The molecule has 9 nitrogen and oxygen atoms in total. The maximum atomic E-state index is 13.5. The zero-order valence-electron chi connectivity index (χ0n) is 22.8. The minimum absolute atomic E-state index is 0.0705. The van der Waals surface area contributed by atoms with Crippen LogP contribution < -0.4 is 15.0 Å². The van der Waals surface area contributed by atoms with Gasteiger partial charge in [-0.1, -0.05) is 44.7 Å². The van der Waals surface area contributed by atoms with Gasteiger partial charge in [0.1, 0.15) is 19.0 Å². The van der Waals surface area contributed by atoms with Gasteiger partial charge in [0.2, 0.25) is 0 Å². The third-order valence-corrected chi connectivity index (χ3v) is 8.05. The van der Waals surface area contributed by atoms with Crippen LogP contribution in [0.5, 0.6) is 11.5 Å². The van der Waals surface area contributed by atoms with Gasteiger partial charge >= 0.3 is 0 Å². The molecule has 2 aromatic heterocycles. The maximum absolute atomic E-state index is 13.5. The molecule has 0 amide bonds. The third kappa shape index (κ3) is 5.58. The normalized spacial score (nSPS) is 16.5. The molecule has 0 spiro atoms. The number of aromatic amines is 1. The lowest BCUT2D eigenvalue weighted by Gasteiger charge is -2.39. The van der Waals surface area contributed by atoms with Crippen LogP contribution in [0.15, 0.2) is 47.3 Å². The Hall–Kier alpha value is -3.79. The van der Waals surface area contributed by atoms with Gasteiger partial charge in [-0.2, -0.15) is 0 Å². The Morgan fingerprint density at radius 3 is 2.58 bits per heavy atom. The number of benzene rings is 2. The molecular weight excluding hydrogens is 511 g/mol. The van der Waals surface area contributed by atoms with E-state index in [1.165, 1.54) is 18.6 Å². The first-order valence-corrected chi connectivity index (χ1v) is 14.3. The summed E-state index contributed by atoms with van der Waals surface area (Å²) < 4.78 is 26.8. The first-order valence-electron chi connectivity index (χ1n) is 14.3. The Balaban J connectivity index is 1.36. The van der Waals surface area contributed by atoms with Crippen molar-refractivity contribution in [1.29, 1.82) is 0 Å². The second kappa shape index (κ2) is 11.8. The van der Waals surface area contributed by atoms with Crippen LogP contribution in [0.2, 0.25) is 0 Å². The number of aromatic nitrogens is 5. The molecular formula is C30H35FN6O3. The highest BCUT2D eigenvalue weighted by molar-refractivity contribution is 5.83. The SMILES string of the molecule is CCC[C@H](c1nnnn1Cc1ccc(F)cc1)N(Cc1cc2cc3c(cc2[nH]c1=O)OCCO3)C1CCCCC1. The molecule has 6 rings (SSSR count). The van der Waals surface area contributed by atoms with Crippen LogP contribution in [0, 0.1) is 5.82 Å². The summed E-state index contributed by atoms with van der Waals surface area (Å²) >= 11 is 0. The van der Waals surface area contributed by atoms with E-state index >= 15 is 0 Å². The van der Waals surface area contributed by atoms with Crippen LogP contribution in [0.4, 0.5) is 4.39 Å². The average Bonchev–Trinajstić information content (AvgIpc) is 3.43. The van der Waals surface area contributed by atoms with Gasteiger partial charge < -0.3 is 14.5 Å². The number of rotatable bonds is 9. The van der Waals surface area contributed by atoms with E-state index < -0.39 is 0 Å². The summed E-state index contributed by atoms with van der Waals surface area (Å²) in [7, 11) is 0. The fourth-order valence-electron chi connectivity index (χ4n) is 6.05. The predicted octanol–water partition coefficient (Wildman–Crippen LogP) is 5.15. The van der Waals surface area contributed by atoms with E-state index in [0.29, 0.717) is 49.4 Å². The maximum Gasteiger partial charge on any atom is 0.252 e. The van der Waals surface area contributed by atoms with Crippen molar-refractivity contribution in [2.24, 2.45) is 0 Å². The quantitative estimate of drug-likeness (QED) is 0.310. The van der Waals surface area contributed by atoms with Crippen LogP contribution in [-0.4, -0.2) is 49.3 Å². The van der Waals surface area contributed by atoms with E-state index in [2.05, 4.69) is 32.3 Å². The number of fused-ring (bicyclic) bond motifs is 2. The summed E-state index contributed by atoms with van der Waals surface area (Å²) in [5.41, 5.74) is 2.25. The second-order valence-electron chi connectivity index (χ2n) is 10.8. The Morgan fingerprint density at radius 2 is 1.82 bits per heavy atom. The van der Waals surface area contributed by atoms with E-state index in [0.717, 1.165) is 60.8 Å². The van der Waals surface area contributed by atoms with Crippen molar-refractivity contribution in [3.63, 3.8) is 0 Å². The van der Waals surface area contributed by atoms with Crippen LogP contribution in [0.25, 0.3) is 10.9 Å². The Morgan fingerprint density at radius 1 is 1.07 bits per heavy atom. The lowest BCUT2D eigenvalue weighted by atomic mass is 9.91. The molecule has 210 valence electrons. The van der Waals surface area contributed by atoms with Crippen LogP contribution in [0.3, 0.4) is 0 Å². The zero-order chi connectivity index (χ0) is 27.5. The number of nitrogens with one attached hydrogen (secondary N) is 1. The van der Waals surface area contributed by atoms with E-state index in [-0.39, 0.29) is 17.4 Å². The number of ether oxygens (including phenoxy) is 2. The van der Waals surface area contributed by atoms with Gasteiger partial charge in [0.25, 0.3) is 5.56 Å². The van der Waals surface area contributed by atoms with E-state index in [1.807, 2.05) is 22.9 Å². The smallest absolute Gasteiger partial charge is 0.252 e. The van der Waals surface area contributed by atoms with Crippen molar-refractivity contribution in [3.8, 4) is 11.5 Å². The van der Waals surface area contributed by atoms with Crippen molar-refractivity contribution in [2.75, 3.05) is 13.2 Å². The summed E-state index contributed by atoms with van der Waals surface area (Å²) in [5, 5.41) is 13.8. The summed E-state index contributed by atoms with van der Waals surface area (Å²) in [6.45, 7) is 4.10. The standard InChI is InChI=1S/C30H35FN6O3/c1-2-6-26(29-33-34-35-37(29)18-20-9-11-23(31)12-10-20)36(24-7-4-3-5-8-24)19-22-15-21-16-27-28(40-14-13-39-27)17-25(21)32-30(22)38/h9-12,15-17,24,26H,2-8,13-14,18-19H2,1H3,(H,32,38)/t26-/m1/s1. The molecule has 4 aromatic rings. The predicted molar refractivity (Wildman–Crippen MR) is 149 cm³/mol. The van der Waals surface area contributed by atoms with Gasteiger partial charge in [-0.05, 0) is 59.5 Å². The van der Waals surface area contributed by atoms with Gasteiger partial charge in [-0.3, -0.25) is 9.69 Å². The number of hydrogen-bond acceptors (Lipinski definition) is 7. The molecule has 3 heterocycles. The highest BCUT2D eigenvalue weighted by Gasteiger charge is 2.32.